The lowest BCUT2D eigenvalue weighted by Crippen LogP contribution is -2.36. The van der Waals surface area contributed by atoms with Gasteiger partial charge in [0.2, 0.25) is 5.91 Å². The van der Waals surface area contributed by atoms with Gasteiger partial charge in [-0.05, 0) is 12.7 Å². The second-order valence-electron chi connectivity index (χ2n) is 2.77. The number of amides is 1. The number of carbonyl (C=O) groups excluding carboxylic acids is 1. The van der Waals surface area contributed by atoms with Gasteiger partial charge in [0, 0.05) is 6.54 Å². The molecule has 4 nitrogen and oxygen atoms in total. The summed E-state index contributed by atoms with van der Waals surface area (Å²) in [4.78, 5) is 22.7. The second kappa shape index (κ2) is 6.51. The van der Waals surface area contributed by atoms with Gasteiger partial charge in [0.15, 0.2) is 0 Å². The number of nitrogens with zero attached hydrogens (tertiary/aromatic N) is 1. The van der Waals surface area contributed by atoms with Crippen LogP contribution in [0.25, 0.3) is 0 Å². The quantitative estimate of drug-likeness (QED) is 0.602. The van der Waals surface area contributed by atoms with Crippen molar-refractivity contribution in [2.45, 2.75) is 26.1 Å². The lowest BCUT2D eigenvalue weighted by Gasteiger charge is -2.19. The molecule has 2 radical (unpaired) electrons. The molecule has 0 aliphatic rings. The molecule has 0 rings (SSSR count). The van der Waals surface area contributed by atoms with Crippen LogP contribution >= 0.6 is 0 Å². The summed E-state index contributed by atoms with van der Waals surface area (Å²) in [5.41, 5.74) is 0. The molecule has 0 aromatic rings. The van der Waals surface area contributed by atoms with Crippen molar-refractivity contribution in [1.29, 1.82) is 0 Å². The maximum atomic E-state index is 11.1. The molecule has 0 heterocycles. The first-order chi connectivity index (χ1) is 6.11. The van der Waals surface area contributed by atoms with Crippen molar-refractivity contribution in [3.05, 3.63) is 0 Å². The smallest absolute Gasteiger partial charge is 0.323 e. The average molecular weight is 183 g/mol. The molecule has 0 aromatic carbocycles. The van der Waals surface area contributed by atoms with Crippen molar-refractivity contribution in [1.82, 2.24) is 4.90 Å². The Morgan fingerprint density at radius 3 is 2.46 bits per heavy atom. The van der Waals surface area contributed by atoms with E-state index < -0.39 is 5.97 Å². The summed E-state index contributed by atoms with van der Waals surface area (Å²) in [6.07, 6.45) is 1.60. The Morgan fingerprint density at radius 2 is 2.08 bits per heavy atom. The monoisotopic (exact) mass is 183 g/mol. The van der Waals surface area contributed by atoms with Gasteiger partial charge in [0.05, 0.1) is 7.85 Å². The summed E-state index contributed by atoms with van der Waals surface area (Å²) in [7, 11) is 5.14. The third kappa shape index (κ3) is 5.28. The zero-order valence-corrected chi connectivity index (χ0v) is 7.82. The van der Waals surface area contributed by atoms with Gasteiger partial charge in [-0.2, -0.15) is 0 Å². The van der Waals surface area contributed by atoms with Crippen molar-refractivity contribution in [3.8, 4) is 0 Å². The summed E-state index contributed by atoms with van der Waals surface area (Å²) in [5, 5.41) is 8.49. The Kier molecular flexibility index (Phi) is 6.01. The molecule has 5 heteroatoms. The lowest BCUT2D eigenvalue weighted by atomic mass is 10.0. The van der Waals surface area contributed by atoms with Crippen LogP contribution in [0, 0.1) is 0 Å². The van der Waals surface area contributed by atoms with Crippen LogP contribution in [0.4, 0.5) is 0 Å². The number of carboxylic acid groups (broad SMARTS) is 1. The standard InChI is InChI=1S/C8H14BNO3/c1-2-3-4-10(6-8(12)13)7(11)5-9/h2-6H2,1H3,(H,12,13). The molecule has 0 fully saturated rings. The minimum absolute atomic E-state index is 0.128. The van der Waals surface area contributed by atoms with E-state index in [0.29, 0.717) is 6.54 Å². The predicted octanol–water partition coefficient (Wildman–Crippen LogP) is 0.286. The maximum absolute atomic E-state index is 11.1. The average Bonchev–Trinajstić information content (AvgIpc) is 2.10. The van der Waals surface area contributed by atoms with Crippen LogP contribution in [0.3, 0.4) is 0 Å². The summed E-state index contributed by atoms with van der Waals surface area (Å²) < 4.78 is 0. The Labute approximate surface area is 79.3 Å². The van der Waals surface area contributed by atoms with E-state index in [1.807, 2.05) is 6.92 Å². The number of unbranched alkanes of at least 4 members (excludes halogenated alkanes) is 1. The molecular weight excluding hydrogens is 169 g/mol. The fourth-order valence-electron chi connectivity index (χ4n) is 0.933. The first-order valence-corrected chi connectivity index (χ1v) is 4.31. The van der Waals surface area contributed by atoms with Gasteiger partial charge in [0.1, 0.15) is 6.54 Å². The second-order valence-corrected chi connectivity index (χ2v) is 2.77. The van der Waals surface area contributed by atoms with Gasteiger partial charge < -0.3 is 10.0 Å². The van der Waals surface area contributed by atoms with Gasteiger partial charge >= 0.3 is 5.97 Å². The molecule has 0 atom stereocenters. The van der Waals surface area contributed by atoms with Crippen molar-refractivity contribution < 1.29 is 14.7 Å². The van der Waals surface area contributed by atoms with E-state index in [1.54, 1.807) is 0 Å². The fourth-order valence-corrected chi connectivity index (χ4v) is 0.933. The number of hydrogen-bond donors (Lipinski definition) is 1. The summed E-state index contributed by atoms with van der Waals surface area (Å²) in [6.45, 7) is 2.20. The van der Waals surface area contributed by atoms with E-state index in [2.05, 4.69) is 0 Å². The van der Waals surface area contributed by atoms with E-state index in [1.165, 1.54) is 4.90 Å². The number of rotatable bonds is 6. The van der Waals surface area contributed by atoms with E-state index in [4.69, 9.17) is 13.0 Å². The lowest BCUT2D eigenvalue weighted by molar-refractivity contribution is -0.143. The summed E-state index contributed by atoms with van der Waals surface area (Å²) in [5.74, 6) is -1.31. The molecule has 0 saturated carbocycles. The molecular formula is C8H14BNO3. The number of hydrogen-bond acceptors (Lipinski definition) is 2. The van der Waals surface area contributed by atoms with E-state index in [-0.39, 0.29) is 18.8 Å². The van der Waals surface area contributed by atoms with Crippen molar-refractivity contribution in [2.24, 2.45) is 0 Å². The van der Waals surface area contributed by atoms with Gasteiger partial charge in [-0.15, -0.1) is 0 Å². The van der Waals surface area contributed by atoms with Crippen LogP contribution in [0.1, 0.15) is 19.8 Å². The molecule has 0 aromatic heterocycles. The van der Waals surface area contributed by atoms with Crippen LogP contribution in [0.5, 0.6) is 0 Å². The van der Waals surface area contributed by atoms with Crippen LogP contribution in [-0.4, -0.2) is 42.8 Å². The topological polar surface area (TPSA) is 57.6 Å². The van der Waals surface area contributed by atoms with E-state index in [0.717, 1.165) is 12.8 Å². The first-order valence-electron chi connectivity index (χ1n) is 4.31. The van der Waals surface area contributed by atoms with Gasteiger partial charge in [-0.1, -0.05) is 13.3 Å². The van der Waals surface area contributed by atoms with Crippen LogP contribution < -0.4 is 0 Å². The molecule has 0 bridgehead atoms. The highest BCUT2D eigenvalue weighted by molar-refractivity contribution is 6.19. The van der Waals surface area contributed by atoms with Crippen molar-refractivity contribution >= 4 is 19.7 Å². The maximum Gasteiger partial charge on any atom is 0.323 e. The normalized spacial score (nSPS) is 9.62. The third-order valence-corrected chi connectivity index (χ3v) is 1.64. The Bertz CT molecular complexity index is 184. The number of carboxylic acids is 1. The zero-order chi connectivity index (χ0) is 10.3. The van der Waals surface area contributed by atoms with Gasteiger partial charge in [-0.25, -0.2) is 0 Å². The van der Waals surface area contributed by atoms with Crippen molar-refractivity contribution in [3.63, 3.8) is 0 Å². The van der Waals surface area contributed by atoms with Crippen molar-refractivity contribution in [2.75, 3.05) is 13.1 Å². The van der Waals surface area contributed by atoms with Gasteiger partial charge in [-0.3, -0.25) is 9.59 Å². The van der Waals surface area contributed by atoms with Crippen LogP contribution in [0.2, 0.25) is 6.32 Å². The SMILES string of the molecule is [B]CC(=O)N(CCCC)CC(=O)O. The minimum atomic E-state index is -1.00. The summed E-state index contributed by atoms with van der Waals surface area (Å²) >= 11 is 0. The molecule has 1 amide bonds. The number of carbonyl (C=O) groups is 2. The Hall–Kier alpha value is -0.995. The highest BCUT2D eigenvalue weighted by atomic mass is 16.4. The van der Waals surface area contributed by atoms with Gasteiger partial charge in [0.25, 0.3) is 0 Å². The molecule has 13 heavy (non-hydrogen) atoms. The Balaban J connectivity index is 4.02. The predicted molar refractivity (Wildman–Crippen MR) is 49.7 cm³/mol. The molecule has 1 N–H and O–H groups in total. The molecule has 0 spiro atoms. The molecule has 0 aliphatic carbocycles. The van der Waals surface area contributed by atoms with Crippen LogP contribution in [0.15, 0.2) is 0 Å². The zero-order valence-electron chi connectivity index (χ0n) is 7.82. The third-order valence-electron chi connectivity index (χ3n) is 1.64. The van der Waals surface area contributed by atoms with Crippen LogP contribution in [-0.2, 0) is 9.59 Å². The van der Waals surface area contributed by atoms with E-state index in [9.17, 15) is 9.59 Å². The largest absolute Gasteiger partial charge is 0.480 e. The minimum Gasteiger partial charge on any atom is -0.480 e. The summed E-state index contributed by atoms with van der Waals surface area (Å²) in [6, 6.07) is 0. The highest BCUT2D eigenvalue weighted by Gasteiger charge is 2.13. The molecule has 0 saturated heterocycles. The first kappa shape index (κ1) is 12.0. The molecule has 72 valence electrons. The highest BCUT2D eigenvalue weighted by Crippen LogP contribution is 1.97. The Morgan fingerprint density at radius 1 is 1.46 bits per heavy atom. The van der Waals surface area contributed by atoms with E-state index >= 15 is 0 Å². The fraction of sp³-hybridized carbons (Fsp3) is 0.750. The number of aliphatic carboxylic acids is 1. The molecule has 0 aliphatic heterocycles. The molecule has 0 unspecified atom stereocenters.